The van der Waals surface area contributed by atoms with Crippen molar-refractivity contribution < 1.29 is 0 Å². The summed E-state index contributed by atoms with van der Waals surface area (Å²) >= 11 is 0. The van der Waals surface area contributed by atoms with E-state index in [1.54, 1.807) is 0 Å². The third-order valence-electron chi connectivity index (χ3n) is 19.1. The van der Waals surface area contributed by atoms with Crippen LogP contribution in [0.1, 0.15) is 101 Å². The minimum atomic E-state index is -0.0616. The topological polar surface area (TPSA) is 16.3 Å². The molecule has 0 amide bonds. The van der Waals surface area contributed by atoms with Gasteiger partial charge in [-0.05, 0) is 190 Å². The van der Waals surface area contributed by atoms with Gasteiger partial charge in [-0.2, -0.15) is 0 Å². The van der Waals surface area contributed by atoms with Crippen LogP contribution in [0.4, 0.5) is 34.1 Å². The van der Waals surface area contributed by atoms with E-state index in [1.807, 2.05) is 0 Å². The lowest BCUT2D eigenvalue weighted by Crippen LogP contribution is -2.16. The van der Waals surface area contributed by atoms with Gasteiger partial charge >= 0.3 is 0 Å². The molecule has 4 heteroatoms. The fourth-order valence-electron chi connectivity index (χ4n) is 15.2. The Kier molecular flexibility index (Phi) is 11.6. The molecule has 2 aromatic heterocycles. The van der Waals surface area contributed by atoms with Crippen LogP contribution < -0.4 is 9.80 Å². The van der Waals surface area contributed by atoms with Crippen LogP contribution in [0.25, 0.3) is 87.3 Å². The van der Waals surface area contributed by atoms with E-state index in [4.69, 9.17) is 0 Å². The Balaban J connectivity index is 0.947. The average Bonchev–Trinajstić information content (AvgIpc) is 1.22. The maximum Gasteiger partial charge on any atom is 0.0562 e. The summed E-state index contributed by atoms with van der Waals surface area (Å²) in [6, 6.07) is 84.0. The van der Waals surface area contributed by atoms with Crippen molar-refractivity contribution in [3.05, 3.63) is 252 Å². The quantitative estimate of drug-likeness (QED) is 0.141. The van der Waals surface area contributed by atoms with Crippen molar-refractivity contribution in [3.63, 3.8) is 0 Å². The second kappa shape index (κ2) is 19.2. The maximum atomic E-state index is 2.63. The third kappa shape index (κ3) is 7.86. The highest BCUT2D eigenvalue weighted by molar-refractivity contribution is 6.28. The molecule has 0 atom stereocenters. The first-order valence-electron chi connectivity index (χ1n) is 30.8. The summed E-state index contributed by atoms with van der Waals surface area (Å²) < 4.78 is 5.08. The second-order valence-corrected chi connectivity index (χ2v) is 26.1. The zero-order valence-corrected chi connectivity index (χ0v) is 49.2. The number of anilines is 6. The number of nitrogens with zero attached hydrogens (tertiary/aromatic N) is 4. The minimum Gasteiger partial charge on any atom is -0.310 e. The summed E-state index contributed by atoms with van der Waals surface area (Å²) in [4.78, 5) is 5.26. The summed E-state index contributed by atoms with van der Waals surface area (Å²) in [6.07, 6.45) is 9.17. The fraction of sp³-hybridized carbons (Fsp3) is 0.200. The normalized spacial score (nSPS) is 13.9. The van der Waals surface area contributed by atoms with Gasteiger partial charge in [-0.15, -0.1) is 0 Å². The molecular formula is C80H70N4. The van der Waals surface area contributed by atoms with Crippen LogP contribution in [0.2, 0.25) is 0 Å². The largest absolute Gasteiger partial charge is 0.310 e. The lowest BCUT2D eigenvalue weighted by atomic mass is 9.85. The maximum absolute atomic E-state index is 2.63. The Bertz CT molecular complexity index is 4640. The van der Waals surface area contributed by atoms with Crippen molar-refractivity contribution in [2.24, 2.45) is 0 Å². The highest BCUT2D eigenvalue weighted by Gasteiger charge is 2.29. The smallest absolute Gasteiger partial charge is 0.0562 e. The number of hydrogen-bond acceptors (Lipinski definition) is 2. The Morgan fingerprint density at radius 1 is 0.310 bits per heavy atom. The van der Waals surface area contributed by atoms with E-state index in [9.17, 15) is 0 Å². The molecule has 16 rings (SSSR count). The summed E-state index contributed by atoms with van der Waals surface area (Å²) in [5.74, 6) is 0. The van der Waals surface area contributed by atoms with Crippen molar-refractivity contribution in [2.75, 3.05) is 9.80 Å². The van der Waals surface area contributed by atoms with Gasteiger partial charge in [-0.25, -0.2) is 0 Å². The molecule has 12 aromatic carbocycles. The highest BCUT2D eigenvalue weighted by Crippen LogP contribution is 2.51. The van der Waals surface area contributed by atoms with Gasteiger partial charge in [0.2, 0.25) is 0 Å². The number of para-hydroxylation sites is 4. The fourth-order valence-corrected chi connectivity index (χ4v) is 15.2. The molecule has 0 saturated heterocycles. The molecule has 2 heterocycles. The van der Waals surface area contributed by atoms with Crippen molar-refractivity contribution in [1.82, 2.24) is 9.13 Å². The van der Waals surface area contributed by atoms with E-state index < -0.39 is 0 Å². The molecule has 0 spiro atoms. The van der Waals surface area contributed by atoms with Gasteiger partial charge in [0, 0.05) is 66.4 Å². The van der Waals surface area contributed by atoms with Crippen LogP contribution in [0, 0.1) is 0 Å². The summed E-state index contributed by atoms with van der Waals surface area (Å²) in [6.45, 7) is 14.0. The van der Waals surface area contributed by atoms with Gasteiger partial charge < -0.3 is 18.9 Å². The summed E-state index contributed by atoms with van der Waals surface area (Å²) in [7, 11) is 0. The molecule has 0 radical (unpaired) electrons. The molecule has 2 aliphatic carbocycles. The number of rotatable bonds is 8. The van der Waals surface area contributed by atoms with E-state index in [-0.39, 0.29) is 10.8 Å². The lowest BCUT2D eigenvalue weighted by Gasteiger charge is -2.33. The Morgan fingerprint density at radius 2 is 0.690 bits per heavy atom. The first-order chi connectivity index (χ1) is 41.0. The SMILES string of the molecule is CC(C)(C)c1ccccc1-n1c2ccccc2c2ccc(N(c3cccc4c3CCCC4)c3ccc4ccc5c(N(c6ccc7c8ccccc8n(-c8ccccc8C(C)(C)C)c7c6)c6cccc7c6CCCC7)ccc6ccc3c4c65)cc21. The standard InChI is InChI=1S/C80H70N4/c1-79(2,3)65-29-13-17-33-73(65)83-69-31-15-11-27-59(69)61-45-41-55(49-75(61)83)81(67-35-19-23-51-21-7-9-25-57(51)67)71-47-39-53-38-44-64-72(48-40-54-37-43-63(71)77(53)78(54)64)82(68-36-20-24-52-22-8-10-26-58(52)68)56-42-46-62-60-28-12-16-32-70(60)84(76(62)50-56)74-34-18-14-30-66(74)80(4,5)6/h11-20,23-24,27-50H,7-10,21-22,25-26H2,1-6H3. The van der Waals surface area contributed by atoms with E-state index in [1.165, 1.54) is 169 Å². The summed E-state index contributed by atoms with van der Waals surface area (Å²) in [5, 5.41) is 12.7. The molecule has 2 aliphatic rings. The molecule has 84 heavy (non-hydrogen) atoms. The Hall–Kier alpha value is -9.12. The average molecular weight is 1090 g/mol. The first kappa shape index (κ1) is 50.6. The molecule has 0 N–H and O–H groups in total. The van der Waals surface area contributed by atoms with Gasteiger partial charge in [-0.1, -0.05) is 187 Å². The van der Waals surface area contributed by atoms with E-state index in [2.05, 4.69) is 279 Å². The van der Waals surface area contributed by atoms with Crippen LogP contribution in [0.3, 0.4) is 0 Å². The van der Waals surface area contributed by atoms with E-state index in [0.29, 0.717) is 0 Å². The Labute approximate surface area is 493 Å². The molecule has 4 nitrogen and oxygen atoms in total. The number of benzene rings is 12. The minimum absolute atomic E-state index is 0.0616. The molecule has 0 saturated carbocycles. The van der Waals surface area contributed by atoms with Crippen molar-refractivity contribution in [2.45, 2.75) is 104 Å². The molecular weight excluding hydrogens is 1020 g/mol. The van der Waals surface area contributed by atoms with Crippen molar-refractivity contribution in [1.29, 1.82) is 0 Å². The molecule has 14 aromatic rings. The second-order valence-electron chi connectivity index (χ2n) is 26.1. The van der Waals surface area contributed by atoms with E-state index in [0.717, 1.165) is 37.1 Å². The van der Waals surface area contributed by atoms with Gasteiger partial charge in [0.15, 0.2) is 0 Å². The number of fused-ring (bicyclic) bond motifs is 8. The monoisotopic (exact) mass is 1090 g/mol. The lowest BCUT2D eigenvalue weighted by molar-refractivity contribution is 0.587. The molecule has 410 valence electrons. The zero-order chi connectivity index (χ0) is 56.6. The van der Waals surface area contributed by atoms with Crippen LogP contribution in [0.5, 0.6) is 0 Å². The number of hydrogen-bond donors (Lipinski definition) is 0. The number of aryl methyl sites for hydroxylation is 2. The van der Waals surface area contributed by atoms with Crippen molar-refractivity contribution in [3.8, 4) is 11.4 Å². The molecule has 0 fully saturated rings. The highest BCUT2D eigenvalue weighted by atomic mass is 15.2. The Morgan fingerprint density at radius 3 is 1.14 bits per heavy atom. The van der Waals surface area contributed by atoms with Gasteiger partial charge in [0.1, 0.15) is 0 Å². The molecule has 0 bridgehead atoms. The zero-order valence-electron chi connectivity index (χ0n) is 49.2. The van der Waals surface area contributed by atoms with Crippen LogP contribution >= 0.6 is 0 Å². The predicted octanol–water partition coefficient (Wildman–Crippen LogP) is 22.1. The predicted molar refractivity (Wildman–Crippen MR) is 359 cm³/mol. The van der Waals surface area contributed by atoms with Crippen LogP contribution in [0.15, 0.2) is 218 Å². The molecule has 0 aliphatic heterocycles. The van der Waals surface area contributed by atoms with E-state index >= 15 is 0 Å². The van der Waals surface area contributed by atoms with Crippen LogP contribution in [-0.4, -0.2) is 9.13 Å². The van der Waals surface area contributed by atoms with Gasteiger partial charge in [-0.3, -0.25) is 0 Å². The summed E-state index contributed by atoms with van der Waals surface area (Å²) in [5.41, 5.74) is 23.0. The number of aromatic nitrogens is 2. The van der Waals surface area contributed by atoms with Gasteiger partial charge in [0.05, 0.1) is 33.4 Å². The third-order valence-corrected chi connectivity index (χ3v) is 19.1. The van der Waals surface area contributed by atoms with Crippen molar-refractivity contribution >= 4 is 110 Å². The van der Waals surface area contributed by atoms with Crippen LogP contribution in [-0.2, 0) is 36.5 Å². The van der Waals surface area contributed by atoms with Gasteiger partial charge in [0.25, 0.3) is 0 Å². The molecule has 0 unspecified atom stereocenters. The first-order valence-corrected chi connectivity index (χ1v) is 30.8.